The summed E-state index contributed by atoms with van der Waals surface area (Å²) in [7, 11) is 3.69. The van der Waals surface area contributed by atoms with Crippen molar-refractivity contribution < 1.29 is 24.2 Å². The molecule has 164 valence electrons. The van der Waals surface area contributed by atoms with Gasteiger partial charge >= 0.3 is 0 Å². The van der Waals surface area contributed by atoms with E-state index in [0.29, 0.717) is 17.5 Å². The predicted molar refractivity (Wildman–Crippen MR) is 120 cm³/mol. The molecule has 0 aliphatic carbocycles. The van der Waals surface area contributed by atoms with Gasteiger partial charge in [0.1, 0.15) is 17.3 Å². The molecule has 1 atom stereocenters. The second-order valence-corrected chi connectivity index (χ2v) is 8.03. The molecule has 1 fully saturated rings. The van der Waals surface area contributed by atoms with Crippen LogP contribution in [0.4, 0.5) is 4.39 Å². The minimum atomic E-state index is -0.901. The number of aromatic hydroxyl groups is 1. The fourth-order valence-corrected chi connectivity index (χ4v) is 4.00. The number of carbonyl (C=O) groups is 2. The molecule has 1 saturated heterocycles. The fourth-order valence-electron chi connectivity index (χ4n) is 4.00. The SMILES string of the molecule is CN(C)CCN1C(=O)C(=O)/C(=C(/O)c2ccc3ccccc3c2O)C1c1ccc(F)cc1. The number of hydrogen-bond donors (Lipinski definition) is 2. The average Bonchev–Trinajstić information content (AvgIpc) is 3.03. The van der Waals surface area contributed by atoms with Gasteiger partial charge in [0.05, 0.1) is 17.2 Å². The van der Waals surface area contributed by atoms with Crippen molar-refractivity contribution in [3.8, 4) is 5.75 Å². The van der Waals surface area contributed by atoms with E-state index >= 15 is 0 Å². The van der Waals surface area contributed by atoms with Gasteiger partial charge in [-0.15, -0.1) is 0 Å². The topological polar surface area (TPSA) is 81.1 Å². The molecular formula is C25H23FN2O4. The Labute approximate surface area is 184 Å². The lowest BCUT2D eigenvalue weighted by Crippen LogP contribution is -2.35. The van der Waals surface area contributed by atoms with Gasteiger partial charge in [0.25, 0.3) is 11.7 Å². The van der Waals surface area contributed by atoms with Crippen LogP contribution in [0.25, 0.3) is 16.5 Å². The van der Waals surface area contributed by atoms with E-state index in [0.717, 1.165) is 5.39 Å². The van der Waals surface area contributed by atoms with E-state index in [1.165, 1.54) is 35.2 Å². The number of benzene rings is 3. The summed E-state index contributed by atoms with van der Waals surface area (Å²) < 4.78 is 13.6. The summed E-state index contributed by atoms with van der Waals surface area (Å²) >= 11 is 0. The summed E-state index contributed by atoms with van der Waals surface area (Å²) in [6, 6.07) is 14.9. The first kappa shape index (κ1) is 21.5. The Morgan fingerprint density at radius 2 is 1.72 bits per heavy atom. The van der Waals surface area contributed by atoms with Gasteiger partial charge in [0, 0.05) is 18.5 Å². The smallest absolute Gasteiger partial charge is 0.295 e. The monoisotopic (exact) mass is 434 g/mol. The third-order valence-corrected chi connectivity index (χ3v) is 5.67. The Kier molecular flexibility index (Phi) is 5.67. The lowest BCUT2D eigenvalue weighted by Gasteiger charge is -2.26. The molecule has 1 aliphatic rings. The predicted octanol–water partition coefficient (Wildman–Crippen LogP) is 3.67. The first-order valence-electron chi connectivity index (χ1n) is 10.2. The second kappa shape index (κ2) is 8.43. The lowest BCUT2D eigenvalue weighted by molar-refractivity contribution is -0.140. The van der Waals surface area contributed by atoms with Crippen LogP contribution in [0.3, 0.4) is 0 Å². The summed E-state index contributed by atoms with van der Waals surface area (Å²) in [4.78, 5) is 29.2. The van der Waals surface area contributed by atoms with Gasteiger partial charge in [-0.05, 0) is 43.2 Å². The van der Waals surface area contributed by atoms with Crippen molar-refractivity contribution >= 4 is 28.2 Å². The highest BCUT2D eigenvalue weighted by Crippen LogP contribution is 2.42. The first-order chi connectivity index (χ1) is 15.3. The molecule has 0 saturated carbocycles. The highest BCUT2D eigenvalue weighted by molar-refractivity contribution is 6.46. The Morgan fingerprint density at radius 1 is 1.03 bits per heavy atom. The zero-order chi connectivity index (χ0) is 23.0. The third-order valence-electron chi connectivity index (χ3n) is 5.67. The van der Waals surface area contributed by atoms with Crippen LogP contribution in [0.2, 0.25) is 0 Å². The van der Waals surface area contributed by atoms with Gasteiger partial charge < -0.3 is 20.0 Å². The van der Waals surface area contributed by atoms with Gasteiger partial charge in [0.2, 0.25) is 0 Å². The molecule has 3 aromatic carbocycles. The van der Waals surface area contributed by atoms with Gasteiger partial charge in [-0.1, -0.05) is 42.5 Å². The maximum Gasteiger partial charge on any atom is 0.295 e. The summed E-state index contributed by atoms with van der Waals surface area (Å²) in [5.74, 6) is -2.69. The number of phenolic OH excluding ortho intramolecular Hbond substituents is 1. The molecule has 1 heterocycles. The molecule has 0 spiro atoms. The van der Waals surface area contributed by atoms with Crippen molar-refractivity contribution in [2.45, 2.75) is 6.04 Å². The van der Waals surface area contributed by atoms with E-state index in [4.69, 9.17) is 0 Å². The Hall–Kier alpha value is -3.71. The van der Waals surface area contributed by atoms with Gasteiger partial charge in [-0.2, -0.15) is 0 Å². The fraction of sp³-hybridized carbons (Fsp3) is 0.200. The molecule has 3 aromatic rings. The molecule has 32 heavy (non-hydrogen) atoms. The number of nitrogens with zero attached hydrogens (tertiary/aromatic N) is 2. The Balaban J connectivity index is 1.90. The van der Waals surface area contributed by atoms with E-state index in [1.54, 1.807) is 18.2 Å². The van der Waals surface area contributed by atoms with Crippen LogP contribution in [0.15, 0.2) is 66.2 Å². The Morgan fingerprint density at radius 3 is 2.41 bits per heavy atom. The van der Waals surface area contributed by atoms with Crippen LogP contribution < -0.4 is 0 Å². The van der Waals surface area contributed by atoms with E-state index < -0.39 is 29.3 Å². The summed E-state index contributed by atoms with van der Waals surface area (Å²) in [6.07, 6.45) is 0. The molecule has 1 aliphatic heterocycles. The second-order valence-electron chi connectivity index (χ2n) is 8.03. The third kappa shape index (κ3) is 3.71. The number of rotatable bonds is 5. The number of carbonyl (C=O) groups excluding carboxylic acids is 2. The molecule has 7 heteroatoms. The molecule has 2 N–H and O–H groups in total. The Bertz CT molecular complexity index is 1230. The number of amides is 1. The van der Waals surface area contributed by atoms with Crippen molar-refractivity contribution in [2.24, 2.45) is 0 Å². The number of aliphatic hydroxyl groups excluding tert-OH is 1. The van der Waals surface area contributed by atoms with E-state index in [1.807, 2.05) is 31.1 Å². The number of hydrogen-bond acceptors (Lipinski definition) is 5. The van der Waals surface area contributed by atoms with Crippen LogP contribution in [0.1, 0.15) is 17.2 Å². The number of halogens is 1. The number of phenols is 1. The normalized spacial score (nSPS) is 18.1. The maximum absolute atomic E-state index is 13.6. The number of likely N-dealkylation sites (N-methyl/N-ethyl adjacent to an activating group) is 1. The van der Waals surface area contributed by atoms with Crippen LogP contribution >= 0.6 is 0 Å². The van der Waals surface area contributed by atoms with Crippen LogP contribution in [-0.2, 0) is 9.59 Å². The van der Waals surface area contributed by atoms with Gasteiger partial charge in [0.15, 0.2) is 0 Å². The molecule has 0 bridgehead atoms. The number of likely N-dealkylation sites (tertiary alicyclic amines) is 1. The van der Waals surface area contributed by atoms with Crippen LogP contribution in [-0.4, -0.2) is 58.9 Å². The van der Waals surface area contributed by atoms with Crippen molar-refractivity contribution in [3.63, 3.8) is 0 Å². The number of Topliss-reactive ketones (excluding diaryl/α,β-unsaturated/α-hetero) is 1. The number of aliphatic hydroxyl groups is 1. The van der Waals surface area contributed by atoms with E-state index in [-0.39, 0.29) is 23.4 Å². The highest BCUT2D eigenvalue weighted by atomic mass is 19.1. The molecule has 0 radical (unpaired) electrons. The molecule has 6 nitrogen and oxygen atoms in total. The zero-order valence-electron chi connectivity index (χ0n) is 17.7. The van der Waals surface area contributed by atoms with Gasteiger partial charge in [-0.3, -0.25) is 9.59 Å². The first-order valence-corrected chi connectivity index (χ1v) is 10.2. The lowest BCUT2D eigenvalue weighted by atomic mass is 9.94. The number of fused-ring (bicyclic) bond motifs is 1. The summed E-state index contributed by atoms with van der Waals surface area (Å²) in [5, 5.41) is 23.3. The summed E-state index contributed by atoms with van der Waals surface area (Å²) in [5.41, 5.74) is 0.415. The molecule has 0 aromatic heterocycles. The zero-order valence-corrected chi connectivity index (χ0v) is 17.7. The highest BCUT2D eigenvalue weighted by Gasteiger charge is 2.46. The minimum absolute atomic E-state index is 0.0569. The van der Waals surface area contributed by atoms with Crippen molar-refractivity contribution in [1.82, 2.24) is 9.80 Å². The molecular weight excluding hydrogens is 411 g/mol. The van der Waals surface area contributed by atoms with Crippen LogP contribution in [0.5, 0.6) is 5.75 Å². The van der Waals surface area contributed by atoms with Crippen LogP contribution in [0, 0.1) is 5.82 Å². The van der Waals surface area contributed by atoms with Crippen molar-refractivity contribution in [3.05, 3.63) is 83.2 Å². The van der Waals surface area contributed by atoms with Crippen molar-refractivity contribution in [2.75, 3.05) is 27.2 Å². The maximum atomic E-state index is 13.6. The standard InChI is InChI=1S/C25H23FN2O4/c1-27(2)13-14-28-21(16-7-10-17(26)11-8-16)20(24(31)25(28)32)23(30)19-12-9-15-5-3-4-6-18(15)22(19)29/h3-12,21,29-30H,13-14H2,1-2H3/b23-20+. The summed E-state index contributed by atoms with van der Waals surface area (Å²) in [6.45, 7) is 0.728. The molecule has 1 amide bonds. The minimum Gasteiger partial charge on any atom is -0.507 e. The van der Waals surface area contributed by atoms with Gasteiger partial charge in [-0.25, -0.2) is 4.39 Å². The van der Waals surface area contributed by atoms with E-state index in [9.17, 15) is 24.2 Å². The molecule has 1 unspecified atom stereocenters. The number of ketones is 1. The molecule has 4 rings (SSSR count). The van der Waals surface area contributed by atoms with E-state index in [2.05, 4.69) is 0 Å². The largest absolute Gasteiger partial charge is 0.507 e. The van der Waals surface area contributed by atoms with Crippen molar-refractivity contribution in [1.29, 1.82) is 0 Å². The average molecular weight is 434 g/mol. The quantitative estimate of drug-likeness (QED) is 0.364.